The monoisotopic (exact) mass is 324 g/mol. The van der Waals surface area contributed by atoms with Gasteiger partial charge >= 0.3 is 0 Å². The molecule has 1 aliphatic heterocycles. The van der Waals surface area contributed by atoms with E-state index in [0.717, 1.165) is 12.8 Å². The zero-order chi connectivity index (χ0) is 15.7. The number of piperidine rings is 1. The summed E-state index contributed by atoms with van der Waals surface area (Å²) < 4.78 is 13.8. The highest BCUT2D eigenvalue weighted by Crippen LogP contribution is 2.29. The Labute approximate surface area is 133 Å². The van der Waals surface area contributed by atoms with Crippen molar-refractivity contribution < 1.29 is 14.0 Å². The number of hydrogen-bond acceptors (Lipinski definition) is 2. The molecule has 0 atom stereocenters. The van der Waals surface area contributed by atoms with Crippen LogP contribution in [0.2, 0.25) is 5.02 Å². The predicted octanol–water partition coefficient (Wildman–Crippen LogP) is 2.61. The fraction of sp³-hybridized carbons (Fsp3) is 0.500. The number of carbonyl (C=O) groups excluding carboxylic acids is 2. The zero-order valence-electron chi connectivity index (χ0n) is 12.1. The molecule has 1 saturated heterocycles. The number of amides is 2. The highest BCUT2D eigenvalue weighted by molar-refractivity contribution is 6.33. The number of likely N-dealkylation sites (tertiary alicyclic amines) is 1. The number of rotatable bonds is 3. The molecule has 1 aliphatic carbocycles. The molecule has 0 spiro atoms. The van der Waals surface area contributed by atoms with Crippen molar-refractivity contribution in [1.82, 2.24) is 10.2 Å². The van der Waals surface area contributed by atoms with E-state index in [1.165, 1.54) is 18.2 Å². The molecule has 0 bridgehead atoms. The van der Waals surface area contributed by atoms with E-state index >= 15 is 0 Å². The lowest BCUT2D eigenvalue weighted by Gasteiger charge is -2.32. The van der Waals surface area contributed by atoms with Crippen LogP contribution in [0, 0.1) is 11.7 Å². The molecule has 118 valence electrons. The molecule has 3 rings (SSSR count). The summed E-state index contributed by atoms with van der Waals surface area (Å²) in [5, 5.41) is 3.16. The molecule has 1 N–H and O–H groups in total. The largest absolute Gasteiger partial charge is 0.353 e. The zero-order valence-corrected chi connectivity index (χ0v) is 12.9. The average Bonchev–Trinajstić information content (AvgIpc) is 3.32. The molecule has 0 unspecified atom stereocenters. The van der Waals surface area contributed by atoms with Crippen molar-refractivity contribution in [2.45, 2.75) is 31.7 Å². The third-order valence-electron chi connectivity index (χ3n) is 4.25. The van der Waals surface area contributed by atoms with Gasteiger partial charge in [-0.05, 0) is 37.8 Å². The Kier molecular flexibility index (Phi) is 4.34. The minimum atomic E-state index is -0.596. The first-order valence-corrected chi connectivity index (χ1v) is 7.97. The van der Waals surface area contributed by atoms with E-state index in [2.05, 4.69) is 5.32 Å². The van der Waals surface area contributed by atoms with Crippen LogP contribution < -0.4 is 5.32 Å². The van der Waals surface area contributed by atoms with E-state index < -0.39 is 5.82 Å². The van der Waals surface area contributed by atoms with E-state index in [0.29, 0.717) is 25.9 Å². The maximum absolute atomic E-state index is 13.8. The smallest absolute Gasteiger partial charge is 0.258 e. The molecule has 1 aromatic rings. The number of nitrogens with one attached hydrogen (secondary N) is 1. The summed E-state index contributed by atoms with van der Waals surface area (Å²) in [5.41, 5.74) is -0.0652. The molecule has 0 aromatic heterocycles. The van der Waals surface area contributed by atoms with Gasteiger partial charge in [-0.1, -0.05) is 17.7 Å². The van der Waals surface area contributed by atoms with E-state index in [-0.39, 0.29) is 34.4 Å². The van der Waals surface area contributed by atoms with Crippen molar-refractivity contribution in [3.63, 3.8) is 0 Å². The van der Waals surface area contributed by atoms with Crippen molar-refractivity contribution in [2.24, 2.45) is 5.92 Å². The second kappa shape index (κ2) is 6.24. The molecule has 6 heteroatoms. The highest BCUT2D eigenvalue weighted by Gasteiger charge is 2.32. The van der Waals surface area contributed by atoms with Gasteiger partial charge in [0.2, 0.25) is 5.91 Å². The van der Waals surface area contributed by atoms with Crippen LogP contribution in [-0.2, 0) is 4.79 Å². The van der Waals surface area contributed by atoms with Gasteiger partial charge in [-0.3, -0.25) is 9.59 Å². The SMILES string of the molecule is O=C(NC1CCN(C(=O)c2c(F)cccc2Cl)CC1)C1CC1. The highest BCUT2D eigenvalue weighted by atomic mass is 35.5. The standard InChI is InChI=1S/C16H18ClFN2O2/c17-12-2-1-3-13(18)14(12)16(22)20-8-6-11(7-9-20)19-15(21)10-4-5-10/h1-3,10-11H,4-9H2,(H,19,21). The van der Waals surface area contributed by atoms with Gasteiger partial charge < -0.3 is 10.2 Å². The second-order valence-electron chi connectivity index (χ2n) is 5.95. The minimum Gasteiger partial charge on any atom is -0.353 e. The summed E-state index contributed by atoms with van der Waals surface area (Å²) in [4.78, 5) is 25.7. The Balaban J connectivity index is 1.58. The van der Waals surface area contributed by atoms with E-state index in [9.17, 15) is 14.0 Å². The maximum atomic E-state index is 13.8. The number of benzene rings is 1. The topological polar surface area (TPSA) is 49.4 Å². The molecule has 1 heterocycles. The fourth-order valence-electron chi connectivity index (χ4n) is 2.75. The lowest BCUT2D eigenvalue weighted by molar-refractivity contribution is -0.123. The average molecular weight is 325 g/mol. The van der Waals surface area contributed by atoms with Crippen LogP contribution in [0.3, 0.4) is 0 Å². The van der Waals surface area contributed by atoms with E-state index in [4.69, 9.17) is 11.6 Å². The summed E-state index contributed by atoms with van der Waals surface area (Å²) in [7, 11) is 0. The van der Waals surface area contributed by atoms with E-state index in [1.54, 1.807) is 4.90 Å². The quantitative estimate of drug-likeness (QED) is 0.929. The van der Waals surface area contributed by atoms with Crippen molar-refractivity contribution in [1.29, 1.82) is 0 Å². The van der Waals surface area contributed by atoms with Gasteiger partial charge in [0.25, 0.3) is 5.91 Å². The fourth-order valence-corrected chi connectivity index (χ4v) is 3.00. The molecule has 22 heavy (non-hydrogen) atoms. The van der Waals surface area contributed by atoms with Crippen molar-refractivity contribution >= 4 is 23.4 Å². The number of carbonyl (C=O) groups is 2. The molecule has 1 saturated carbocycles. The summed E-state index contributed by atoms with van der Waals surface area (Å²) in [5.74, 6) is -0.657. The van der Waals surface area contributed by atoms with Crippen LogP contribution in [0.25, 0.3) is 0 Å². The first kappa shape index (κ1) is 15.3. The molecule has 2 aliphatic rings. The van der Waals surface area contributed by atoms with Crippen molar-refractivity contribution in [2.75, 3.05) is 13.1 Å². The normalized spacial score (nSPS) is 19.1. The molecular weight excluding hydrogens is 307 g/mol. The van der Waals surface area contributed by atoms with E-state index in [1.807, 2.05) is 0 Å². The van der Waals surface area contributed by atoms with Crippen LogP contribution >= 0.6 is 11.6 Å². The first-order valence-electron chi connectivity index (χ1n) is 7.60. The van der Waals surface area contributed by atoms with Gasteiger partial charge in [0.15, 0.2) is 0 Å². The second-order valence-corrected chi connectivity index (χ2v) is 6.35. The minimum absolute atomic E-state index is 0.0652. The van der Waals surface area contributed by atoms with Crippen LogP contribution in [-0.4, -0.2) is 35.8 Å². The number of halogens is 2. The molecule has 2 amide bonds. The Morgan fingerprint density at radius 2 is 1.86 bits per heavy atom. The van der Waals surface area contributed by atoms with Crippen molar-refractivity contribution in [3.8, 4) is 0 Å². The summed E-state index contributed by atoms with van der Waals surface area (Å²) >= 11 is 5.94. The molecule has 2 fully saturated rings. The van der Waals surface area contributed by atoms with Gasteiger partial charge in [-0.25, -0.2) is 4.39 Å². The predicted molar refractivity (Wildman–Crippen MR) is 81.2 cm³/mol. The molecule has 0 radical (unpaired) electrons. The summed E-state index contributed by atoms with van der Waals surface area (Å²) in [6, 6.07) is 4.34. The van der Waals surface area contributed by atoms with Crippen LogP contribution in [0.4, 0.5) is 4.39 Å². The number of nitrogens with zero attached hydrogens (tertiary/aromatic N) is 1. The lowest BCUT2D eigenvalue weighted by atomic mass is 10.0. The Morgan fingerprint density at radius 1 is 1.18 bits per heavy atom. The third-order valence-corrected chi connectivity index (χ3v) is 4.57. The van der Waals surface area contributed by atoms with Gasteiger partial charge in [0.05, 0.1) is 10.6 Å². The Hall–Kier alpha value is -1.62. The van der Waals surface area contributed by atoms with Crippen LogP contribution in [0.1, 0.15) is 36.0 Å². The maximum Gasteiger partial charge on any atom is 0.258 e. The lowest BCUT2D eigenvalue weighted by Crippen LogP contribution is -2.47. The van der Waals surface area contributed by atoms with Gasteiger partial charge in [-0.2, -0.15) is 0 Å². The Bertz CT molecular complexity index is 576. The van der Waals surface area contributed by atoms with Crippen molar-refractivity contribution in [3.05, 3.63) is 34.6 Å². The van der Waals surface area contributed by atoms with Gasteiger partial charge in [-0.15, -0.1) is 0 Å². The molecule has 4 nitrogen and oxygen atoms in total. The Morgan fingerprint density at radius 3 is 2.45 bits per heavy atom. The summed E-state index contributed by atoms with van der Waals surface area (Å²) in [6.45, 7) is 0.998. The molecule has 1 aromatic carbocycles. The van der Waals surface area contributed by atoms with Gasteiger partial charge in [0, 0.05) is 25.0 Å². The number of hydrogen-bond donors (Lipinski definition) is 1. The van der Waals surface area contributed by atoms with Crippen LogP contribution in [0.5, 0.6) is 0 Å². The first-order chi connectivity index (χ1) is 10.6. The van der Waals surface area contributed by atoms with Crippen LogP contribution in [0.15, 0.2) is 18.2 Å². The van der Waals surface area contributed by atoms with Gasteiger partial charge in [0.1, 0.15) is 5.82 Å². The third kappa shape index (κ3) is 3.24. The summed E-state index contributed by atoms with van der Waals surface area (Å²) in [6.07, 6.45) is 3.34. The molecular formula is C16H18ClFN2O2.